The summed E-state index contributed by atoms with van der Waals surface area (Å²) in [5.41, 5.74) is 3.17. The van der Waals surface area contributed by atoms with Crippen LogP contribution < -0.4 is 4.74 Å². The summed E-state index contributed by atoms with van der Waals surface area (Å²) in [4.78, 5) is 13.9. The number of hydrogen-bond acceptors (Lipinski definition) is 6. The van der Waals surface area contributed by atoms with Gasteiger partial charge in [0.05, 0.1) is 7.11 Å². The van der Waals surface area contributed by atoms with Crippen LogP contribution in [0, 0.1) is 0 Å². The number of aromatic hydroxyl groups is 1. The topological polar surface area (TPSA) is 79.2 Å². The minimum Gasteiger partial charge on any atom is -0.504 e. The molecule has 2 heterocycles. The molecule has 6 nitrogen and oxygen atoms in total. The van der Waals surface area contributed by atoms with Crippen molar-refractivity contribution in [2.75, 3.05) is 13.7 Å². The number of aliphatic hydroxyl groups is 1. The summed E-state index contributed by atoms with van der Waals surface area (Å²) in [7, 11) is 1.51. The van der Waals surface area contributed by atoms with E-state index in [0.29, 0.717) is 5.75 Å². The summed E-state index contributed by atoms with van der Waals surface area (Å²) in [5.74, 6) is -0.0691. The maximum atomic E-state index is 11.6. The van der Waals surface area contributed by atoms with Crippen LogP contribution >= 0.6 is 0 Å². The number of nitrogens with zero attached hydrogens (tertiary/aromatic N) is 1. The molecule has 1 fully saturated rings. The molecule has 0 amide bonds. The molecule has 0 spiro atoms. The van der Waals surface area contributed by atoms with Gasteiger partial charge in [-0.25, -0.2) is 0 Å². The fourth-order valence-electron chi connectivity index (χ4n) is 4.46. The Morgan fingerprint density at radius 2 is 2.17 bits per heavy atom. The van der Waals surface area contributed by atoms with Crippen LogP contribution in [-0.2, 0) is 16.1 Å². The fraction of sp³-hybridized carbons (Fsp3) is 0.500. The van der Waals surface area contributed by atoms with Gasteiger partial charge < -0.3 is 19.7 Å². The molecule has 6 heteroatoms. The zero-order valence-corrected chi connectivity index (χ0v) is 13.7. The second kappa shape index (κ2) is 5.50. The molecule has 1 aliphatic carbocycles. The summed E-state index contributed by atoms with van der Waals surface area (Å²) in [6.45, 7) is 2.99. The molecule has 0 unspecified atom stereocenters. The first kappa shape index (κ1) is 15.5. The number of carbonyl (C=O) groups excluding carboxylic acids is 1. The van der Waals surface area contributed by atoms with E-state index in [1.54, 1.807) is 6.07 Å². The number of rotatable bonds is 2. The SMILES string of the molecule is COc1cc2c(cc1O)CN1CCC3=C[C@H](O)[C@@H](OC(C)=O)[C@@H]2[C@@H]31. The van der Waals surface area contributed by atoms with Crippen molar-refractivity contribution in [3.63, 3.8) is 0 Å². The van der Waals surface area contributed by atoms with Gasteiger partial charge in [-0.15, -0.1) is 0 Å². The highest BCUT2D eigenvalue weighted by molar-refractivity contribution is 5.66. The van der Waals surface area contributed by atoms with Gasteiger partial charge >= 0.3 is 5.97 Å². The van der Waals surface area contributed by atoms with Gasteiger partial charge in [0.25, 0.3) is 0 Å². The van der Waals surface area contributed by atoms with Gasteiger partial charge in [0.15, 0.2) is 11.5 Å². The summed E-state index contributed by atoms with van der Waals surface area (Å²) < 4.78 is 10.7. The number of fused-ring (bicyclic) bond motifs is 2. The zero-order chi connectivity index (χ0) is 17.0. The lowest BCUT2D eigenvalue weighted by Gasteiger charge is -2.45. The van der Waals surface area contributed by atoms with Crippen molar-refractivity contribution in [1.82, 2.24) is 4.90 Å². The minimum absolute atomic E-state index is 0.102. The van der Waals surface area contributed by atoms with Gasteiger partial charge in [0.2, 0.25) is 0 Å². The molecular formula is C18H21NO5. The van der Waals surface area contributed by atoms with Crippen LogP contribution in [0.25, 0.3) is 0 Å². The van der Waals surface area contributed by atoms with Crippen molar-refractivity contribution in [3.05, 3.63) is 34.9 Å². The highest BCUT2D eigenvalue weighted by Crippen LogP contribution is 2.49. The van der Waals surface area contributed by atoms with Crippen molar-refractivity contribution in [1.29, 1.82) is 0 Å². The Hall–Kier alpha value is -2.05. The molecule has 2 N–H and O–H groups in total. The van der Waals surface area contributed by atoms with Crippen LogP contribution in [0.3, 0.4) is 0 Å². The summed E-state index contributed by atoms with van der Waals surface area (Å²) in [6.07, 6.45) is 1.29. The summed E-state index contributed by atoms with van der Waals surface area (Å²) in [6, 6.07) is 3.66. The molecule has 2 aliphatic heterocycles. The van der Waals surface area contributed by atoms with E-state index >= 15 is 0 Å². The number of phenols is 1. The van der Waals surface area contributed by atoms with Gasteiger partial charge in [-0.1, -0.05) is 11.6 Å². The predicted molar refractivity (Wildman–Crippen MR) is 85.9 cm³/mol. The average Bonchev–Trinajstić information content (AvgIpc) is 2.92. The first-order valence-corrected chi connectivity index (χ1v) is 8.19. The summed E-state index contributed by atoms with van der Waals surface area (Å²) in [5, 5.41) is 20.6. The molecule has 0 saturated carbocycles. The second-order valence-corrected chi connectivity index (χ2v) is 6.72. The van der Waals surface area contributed by atoms with Crippen LogP contribution in [0.15, 0.2) is 23.8 Å². The predicted octanol–water partition coefficient (Wildman–Crippen LogP) is 1.30. The van der Waals surface area contributed by atoms with Crippen molar-refractivity contribution >= 4 is 5.97 Å². The molecule has 1 saturated heterocycles. The van der Waals surface area contributed by atoms with E-state index in [4.69, 9.17) is 9.47 Å². The van der Waals surface area contributed by atoms with Crippen LogP contribution in [0.2, 0.25) is 0 Å². The van der Waals surface area contributed by atoms with Crippen molar-refractivity contribution in [3.8, 4) is 11.5 Å². The normalized spacial score (nSPS) is 31.0. The number of ether oxygens (including phenoxy) is 2. The molecule has 0 bridgehead atoms. The quantitative estimate of drug-likeness (QED) is 0.628. The van der Waals surface area contributed by atoms with Gasteiger partial charge in [-0.2, -0.15) is 0 Å². The lowest BCUT2D eigenvalue weighted by Crippen LogP contribution is -2.51. The third kappa shape index (κ3) is 2.21. The standard InChI is InChI=1S/C18H21NO5/c1-9(20)24-18-14(22)5-10-3-4-19-8-11-6-13(21)15(23-2)7-12(11)16(18)17(10)19/h5-7,14,16-18,21-22H,3-4,8H2,1-2H3/t14-,16-,17+,18+/m0/s1. The third-order valence-electron chi connectivity index (χ3n) is 5.35. The van der Waals surface area contributed by atoms with E-state index in [-0.39, 0.29) is 17.7 Å². The Kier molecular flexibility index (Phi) is 3.54. The molecule has 3 aliphatic rings. The Morgan fingerprint density at radius 1 is 1.38 bits per heavy atom. The van der Waals surface area contributed by atoms with E-state index in [1.165, 1.54) is 19.6 Å². The van der Waals surface area contributed by atoms with Gasteiger partial charge in [0, 0.05) is 32.0 Å². The molecule has 128 valence electrons. The van der Waals surface area contributed by atoms with E-state index in [2.05, 4.69) is 4.90 Å². The average molecular weight is 331 g/mol. The monoisotopic (exact) mass is 331 g/mol. The fourth-order valence-corrected chi connectivity index (χ4v) is 4.46. The Labute approximate surface area is 140 Å². The maximum Gasteiger partial charge on any atom is 0.303 e. The number of methoxy groups -OCH3 is 1. The van der Waals surface area contributed by atoms with Gasteiger partial charge in [0.1, 0.15) is 12.2 Å². The van der Waals surface area contributed by atoms with E-state index in [0.717, 1.165) is 30.6 Å². The lowest BCUT2D eigenvalue weighted by atomic mass is 9.73. The largest absolute Gasteiger partial charge is 0.504 e. The number of aliphatic hydroxyl groups excluding tert-OH is 1. The molecule has 4 rings (SSSR count). The van der Waals surface area contributed by atoms with Gasteiger partial charge in [-0.05, 0) is 29.7 Å². The van der Waals surface area contributed by atoms with Crippen molar-refractivity contribution in [2.24, 2.45) is 0 Å². The first-order chi connectivity index (χ1) is 11.5. The van der Waals surface area contributed by atoms with E-state index in [9.17, 15) is 15.0 Å². The molecule has 1 aromatic rings. The van der Waals surface area contributed by atoms with E-state index in [1.807, 2.05) is 12.1 Å². The Morgan fingerprint density at radius 3 is 2.88 bits per heavy atom. The summed E-state index contributed by atoms with van der Waals surface area (Å²) >= 11 is 0. The molecule has 24 heavy (non-hydrogen) atoms. The molecular weight excluding hydrogens is 310 g/mol. The highest BCUT2D eigenvalue weighted by Gasteiger charge is 2.50. The lowest BCUT2D eigenvalue weighted by molar-refractivity contribution is -0.154. The van der Waals surface area contributed by atoms with Crippen LogP contribution in [0.5, 0.6) is 11.5 Å². The number of benzene rings is 1. The van der Waals surface area contributed by atoms with Crippen molar-refractivity contribution in [2.45, 2.75) is 44.1 Å². The van der Waals surface area contributed by atoms with Gasteiger partial charge in [-0.3, -0.25) is 9.69 Å². The van der Waals surface area contributed by atoms with Crippen LogP contribution in [0.4, 0.5) is 0 Å². The molecule has 4 atom stereocenters. The minimum atomic E-state index is -0.823. The number of carbonyl (C=O) groups is 1. The zero-order valence-electron chi connectivity index (χ0n) is 13.7. The molecule has 0 radical (unpaired) electrons. The third-order valence-corrected chi connectivity index (χ3v) is 5.35. The smallest absolute Gasteiger partial charge is 0.303 e. The Bertz CT molecular complexity index is 728. The highest BCUT2D eigenvalue weighted by atomic mass is 16.6. The van der Waals surface area contributed by atoms with E-state index < -0.39 is 18.2 Å². The number of esters is 1. The number of hydrogen-bond donors (Lipinski definition) is 2. The second-order valence-electron chi connectivity index (χ2n) is 6.72. The molecule has 0 aromatic heterocycles. The first-order valence-electron chi connectivity index (χ1n) is 8.19. The maximum absolute atomic E-state index is 11.6. The molecule has 1 aromatic carbocycles. The van der Waals surface area contributed by atoms with Crippen molar-refractivity contribution < 1.29 is 24.5 Å². The van der Waals surface area contributed by atoms with Crippen LogP contribution in [-0.4, -0.2) is 53.0 Å². The van der Waals surface area contributed by atoms with Crippen LogP contribution in [0.1, 0.15) is 30.4 Å². The Balaban J connectivity index is 1.87. The number of phenolic OH excluding ortho intramolecular Hbond substituents is 1.